The zero-order valence-electron chi connectivity index (χ0n) is 7.52. The maximum atomic E-state index is 11.2. The van der Waals surface area contributed by atoms with Crippen molar-refractivity contribution in [3.63, 3.8) is 0 Å². The van der Waals surface area contributed by atoms with Crippen LogP contribution in [0.5, 0.6) is 0 Å². The van der Waals surface area contributed by atoms with Crippen LogP contribution in [0.1, 0.15) is 6.42 Å². The SMILES string of the molecule is COCC(=O)N1CCC(C(=O)O)C1. The lowest BCUT2D eigenvalue weighted by atomic mass is 10.1. The van der Waals surface area contributed by atoms with E-state index >= 15 is 0 Å². The van der Waals surface area contributed by atoms with Gasteiger partial charge in [0.1, 0.15) is 6.61 Å². The summed E-state index contributed by atoms with van der Waals surface area (Å²) in [5.74, 6) is -1.36. The standard InChI is InChI=1S/C8H13NO4/c1-13-5-7(10)9-3-2-6(4-9)8(11)12/h6H,2-5H2,1H3,(H,11,12). The first-order chi connectivity index (χ1) is 6.15. The van der Waals surface area contributed by atoms with Crippen molar-refractivity contribution in [2.75, 3.05) is 26.8 Å². The molecule has 1 atom stereocenters. The van der Waals surface area contributed by atoms with Crippen LogP contribution in [0.25, 0.3) is 0 Å². The first kappa shape index (κ1) is 9.98. The highest BCUT2D eigenvalue weighted by atomic mass is 16.5. The smallest absolute Gasteiger partial charge is 0.308 e. The minimum atomic E-state index is -0.826. The van der Waals surface area contributed by atoms with Crippen molar-refractivity contribution < 1.29 is 19.4 Å². The van der Waals surface area contributed by atoms with Crippen LogP contribution in [-0.4, -0.2) is 48.7 Å². The largest absolute Gasteiger partial charge is 0.481 e. The Bertz CT molecular complexity index is 216. The molecule has 0 aromatic heterocycles. The molecule has 0 aliphatic carbocycles. The number of carbonyl (C=O) groups excluding carboxylic acids is 1. The van der Waals surface area contributed by atoms with Gasteiger partial charge in [0, 0.05) is 20.2 Å². The van der Waals surface area contributed by atoms with Crippen molar-refractivity contribution >= 4 is 11.9 Å². The molecule has 0 saturated carbocycles. The Hall–Kier alpha value is -1.10. The third-order valence-electron chi connectivity index (χ3n) is 2.16. The molecular formula is C8H13NO4. The van der Waals surface area contributed by atoms with E-state index in [0.717, 1.165) is 0 Å². The van der Waals surface area contributed by atoms with Crippen molar-refractivity contribution in [1.82, 2.24) is 4.90 Å². The van der Waals surface area contributed by atoms with E-state index in [1.807, 2.05) is 0 Å². The summed E-state index contributed by atoms with van der Waals surface area (Å²) >= 11 is 0. The Balaban J connectivity index is 2.40. The highest BCUT2D eigenvalue weighted by Gasteiger charge is 2.30. The fraction of sp³-hybridized carbons (Fsp3) is 0.750. The minimum absolute atomic E-state index is 0.0341. The van der Waals surface area contributed by atoms with Crippen LogP contribution < -0.4 is 0 Å². The molecule has 1 aliphatic heterocycles. The molecule has 1 fully saturated rings. The maximum absolute atomic E-state index is 11.2. The van der Waals surface area contributed by atoms with Crippen molar-refractivity contribution in [3.8, 4) is 0 Å². The van der Waals surface area contributed by atoms with E-state index in [0.29, 0.717) is 19.5 Å². The van der Waals surface area contributed by atoms with Crippen LogP contribution in [-0.2, 0) is 14.3 Å². The van der Waals surface area contributed by atoms with Crippen LogP contribution in [0.15, 0.2) is 0 Å². The molecule has 0 bridgehead atoms. The fourth-order valence-corrected chi connectivity index (χ4v) is 1.40. The number of nitrogens with zero attached hydrogens (tertiary/aromatic N) is 1. The number of amides is 1. The second kappa shape index (κ2) is 4.23. The fourth-order valence-electron chi connectivity index (χ4n) is 1.40. The number of aliphatic carboxylic acids is 1. The molecule has 1 amide bonds. The topological polar surface area (TPSA) is 66.8 Å². The van der Waals surface area contributed by atoms with Gasteiger partial charge < -0.3 is 14.7 Å². The van der Waals surface area contributed by atoms with Crippen LogP contribution in [0.4, 0.5) is 0 Å². The van der Waals surface area contributed by atoms with Crippen LogP contribution >= 0.6 is 0 Å². The number of likely N-dealkylation sites (tertiary alicyclic amines) is 1. The summed E-state index contributed by atoms with van der Waals surface area (Å²) in [6, 6.07) is 0. The summed E-state index contributed by atoms with van der Waals surface area (Å²) in [6.07, 6.45) is 0.546. The molecule has 1 aliphatic rings. The summed E-state index contributed by atoms with van der Waals surface area (Å²) in [6.45, 7) is 0.878. The monoisotopic (exact) mass is 187 g/mol. The predicted octanol–water partition coefficient (Wildman–Crippen LogP) is -0.434. The van der Waals surface area contributed by atoms with Crippen LogP contribution in [0, 0.1) is 5.92 Å². The molecule has 1 N–H and O–H groups in total. The van der Waals surface area contributed by atoms with Crippen LogP contribution in [0.3, 0.4) is 0 Å². The zero-order valence-corrected chi connectivity index (χ0v) is 7.52. The summed E-state index contributed by atoms with van der Waals surface area (Å²) < 4.78 is 4.67. The molecule has 0 aromatic rings. The van der Waals surface area contributed by atoms with Gasteiger partial charge in [-0.3, -0.25) is 9.59 Å². The first-order valence-corrected chi connectivity index (χ1v) is 4.14. The Labute approximate surface area is 76.3 Å². The van der Waals surface area contributed by atoms with Crippen molar-refractivity contribution in [2.45, 2.75) is 6.42 Å². The maximum Gasteiger partial charge on any atom is 0.308 e. The summed E-state index contributed by atoms with van der Waals surface area (Å²) in [4.78, 5) is 23.3. The quantitative estimate of drug-likeness (QED) is 0.650. The van der Waals surface area contributed by atoms with Crippen molar-refractivity contribution in [2.24, 2.45) is 5.92 Å². The third kappa shape index (κ3) is 2.42. The van der Waals surface area contributed by atoms with E-state index in [9.17, 15) is 9.59 Å². The van der Waals surface area contributed by atoms with Crippen LogP contribution in [0.2, 0.25) is 0 Å². The first-order valence-electron chi connectivity index (χ1n) is 4.14. The van der Waals surface area contributed by atoms with E-state index in [1.54, 1.807) is 0 Å². The molecule has 0 radical (unpaired) electrons. The van der Waals surface area contributed by atoms with E-state index in [2.05, 4.69) is 4.74 Å². The van der Waals surface area contributed by atoms with Gasteiger partial charge in [0.15, 0.2) is 0 Å². The summed E-state index contributed by atoms with van der Waals surface area (Å²) in [5, 5.41) is 8.67. The van der Waals surface area contributed by atoms with E-state index in [-0.39, 0.29) is 12.5 Å². The number of methoxy groups -OCH3 is 1. The van der Waals surface area contributed by atoms with Crippen molar-refractivity contribution in [3.05, 3.63) is 0 Å². The Morgan fingerprint density at radius 1 is 1.62 bits per heavy atom. The van der Waals surface area contributed by atoms with Gasteiger partial charge >= 0.3 is 5.97 Å². The lowest BCUT2D eigenvalue weighted by Crippen LogP contribution is -2.32. The number of rotatable bonds is 3. The average Bonchev–Trinajstić information content (AvgIpc) is 2.52. The van der Waals surface area contributed by atoms with E-state index in [1.165, 1.54) is 12.0 Å². The van der Waals surface area contributed by atoms with Gasteiger partial charge in [0.2, 0.25) is 5.91 Å². The number of hydrogen-bond acceptors (Lipinski definition) is 3. The molecule has 1 saturated heterocycles. The Morgan fingerprint density at radius 2 is 2.31 bits per heavy atom. The minimum Gasteiger partial charge on any atom is -0.481 e. The van der Waals surface area contributed by atoms with Gasteiger partial charge in [0.25, 0.3) is 0 Å². The van der Waals surface area contributed by atoms with Gasteiger partial charge in [-0.25, -0.2) is 0 Å². The number of carboxylic acids is 1. The van der Waals surface area contributed by atoms with Crippen molar-refractivity contribution in [1.29, 1.82) is 0 Å². The molecule has 1 rings (SSSR count). The molecule has 1 heterocycles. The molecule has 1 unspecified atom stereocenters. The second-order valence-corrected chi connectivity index (χ2v) is 3.10. The molecule has 5 nitrogen and oxygen atoms in total. The van der Waals surface area contributed by atoms with Gasteiger partial charge in [-0.05, 0) is 6.42 Å². The van der Waals surface area contributed by atoms with Gasteiger partial charge in [0.05, 0.1) is 5.92 Å². The lowest BCUT2D eigenvalue weighted by molar-refractivity contribution is -0.141. The van der Waals surface area contributed by atoms with Gasteiger partial charge in [-0.2, -0.15) is 0 Å². The summed E-state index contributed by atoms with van der Waals surface area (Å²) in [5.41, 5.74) is 0. The molecule has 13 heavy (non-hydrogen) atoms. The number of ether oxygens (including phenoxy) is 1. The lowest BCUT2D eigenvalue weighted by Gasteiger charge is -2.14. The Kier molecular flexibility index (Phi) is 3.25. The number of hydrogen-bond donors (Lipinski definition) is 1. The molecule has 0 spiro atoms. The Morgan fingerprint density at radius 3 is 2.77 bits per heavy atom. The van der Waals surface area contributed by atoms with Gasteiger partial charge in [-0.1, -0.05) is 0 Å². The third-order valence-corrected chi connectivity index (χ3v) is 2.16. The second-order valence-electron chi connectivity index (χ2n) is 3.10. The zero-order chi connectivity index (χ0) is 9.84. The van der Waals surface area contributed by atoms with E-state index < -0.39 is 11.9 Å². The van der Waals surface area contributed by atoms with E-state index in [4.69, 9.17) is 5.11 Å². The summed E-state index contributed by atoms with van der Waals surface area (Å²) in [7, 11) is 1.45. The average molecular weight is 187 g/mol. The number of carbonyl (C=O) groups is 2. The predicted molar refractivity (Wildman–Crippen MR) is 44.2 cm³/mol. The molecule has 74 valence electrons. The van der Waals surface area contributed by atoms with Gasteiger partial charge in [-0.15, -0.1) is 0 Å². The molecule has 0 aromatic carbocycles. The molecule has 5 heteroatoms. The normalized spacial score (nSPS) is 21.9. The number of carboxylic acid groups (broad SMARTS) is 1. The molecular weight excluding hydrogens is 174 g/mol. The highest BCUT2D eigenvalue weighted by Crippen LogP contribution is 2.16. The highest BCUT2D eigenvalue weighted by molar-refractivity contribution is 5.79.